The smallest absolute Gasteiger partial charge is 0.228 e. The standard InChI is InChI=1S/C20H22N6OS.C3H8/c1-14-12-23-20(25-19(14)28-17-6-7-18(21)22-13-17)24-15-2-4-16(5-3-15)26-8-10-27-11-9-26;1-3-2/h2-7,12-13H,8-11H2,1H3,(H2,21,22)(H,23,24,25);3H2,1-2H3. The molecule has 8 heteroatoms. The Balaban J connectivity index is 0.000000858. The maximum atomic E-state index is 5.65. The number of benzene rings is 1. The summed E-state index contributed by atoms with van der Waals surface area (Å²) >= 11 is 1.54. The molecule has 1 fully saturated rings. The number of rotatable bonds is 5. The van der Waals surface area contributed by atoms with Crippen LogP contribution in [0.1, 0.15) is 25.8 Å². The lowest BCUT2D eigenvalue weighted by atomic mass is 10.2. The summed E-state index contributed by atoms with van der Waals surface area (Å²) in [7, 11) is 0. The van der Waals surface area contributed by atoms with E-state index >= 15 is 0 Å². The van der Waals surface area contributed by atoms with Gasteiger partial charge in [-0.15, -0.1) is 0 Å². The van der Waals surface area contributed by atoms with Crippen LogP contribution in [0.5, 0.6) is 0 Å². The Morgan fingerprint density at radius 2 is 1.74 bits per heavy atom. The zero-order chi connectivity index (χ0) is 22.1. The first-order valence-electron chi connectivity index (χ1n) is 10.5. The van der Waals surface area contributed by atoms with E-state index in [1.807, 2.05) is 31.3 Å². The van der Waals surface area contributed by atoms with Gasteiger partial charge in [-0.25, -0.2) is 15.0 Å². The Hall–Kier alpha value is -2.84. The van der Waals surface area contributed by atoms with Gasteiger partial charge >= 0.3 is 0 Å². The van der Waals surface area contributed by atoms with Gasteiger partial charge in [0.1, 0.15) is 10.8 Å². The zero-order valence-corrected chi connectivity index (χ0v) is 19.2. The molecule has 3 aromatic rings. The second kappa shape index (κ2) is 11.5. The molecular formula is C23H30N6OS. The summed E-state index contributed by atoms with van der Waals surface area (Å²) in [6, 6.07) is 12.0. The molecule has 0 aliphatic carbocycles. The molecule has 1 aromatic carbocycles. The number of anilines is 4. The average Bonchev–Trinajstić information content (AvgIpc) is 2.79. The third-order valence-electron chi connectivity index (χ3n) is 4.40. The van der Waals surface area contributed by atoms with E-state index in [0.29, 0.717) is 11.8 Å². The molecule has 0 atom stereocenters. The van der Waals surface area contributed by atoms with Crippen LogP contribution >= 0.6 is 11.8 Å². The van der Waals surface area contributed by atoms with E-state index in [1.165, 1.54) is 12.1 Å². The number of pyridine rings is 1. The van der Waals surface area contributed by atoms with Gasteiger partial charge < -0.3 is 20.7 Å². The lowest BCUT2D eigenvalue weighted by Gasteiger charge is -2.28. The van der Waals surface area contributed by atoms with Crippen LogP contribution in [0.2, 0.25) is 0 Å². The van der Waals surface area contributed by atoms with E-state index in [1.54, 1.807) is 24.0 Å². The Morgan fingerprint density at radius 1 is 1.03 bits per heavy atom. The normalized spacial score (nSPS) is 13.3. The summed E-state index contributed by atoms with van der Waals surface area (Å²) in [4.78, 5) is 16.5. The lowest BCUT2D eigenvalue weighted by Crippen LogP contribution is -2.36. The van der Waals surface area contributed by atoms with Gasteiger partial charge in [-0.05, 0) is 43.3 Å². The number of nitrogens with two attached hydrogens (primary N) is 1. The Bertz CT molecular complexity index is 943. The second-order valence-corrected chi connectivity index (χ2v) is 8.24. The number of hydrogen-bond acceptors (Lipinski definition) is 8. The molecule has 31 heavy (non-hydrogen) atoms. The lowest BCUT2D eigenvalue weighted by molar-refractivity contribution is 0.122. The van der Waals surface area contributed by atoms with Gasteiger partial charge in [-0.1, -0.05) is 32.0 Å². The highest BCUT2D eigenvalue weighted by Crippen LogP contribution is 2.29. The molecule has 1 aliphatic rings. The SMILES string of the molecule is CCC.Cc1cnc(Nc2ccc(N3CCOCC3)cc2)nc1Sc1ccc(N)nc1. The first-order valence-corrected chi connectivity index (χ1v) is 11.3. The minimum absolute atomic E-state index is 0.506. The third kappa shape index (κ3) is 6.83. The molecule has 0 amide bonds. The maximum absolute atomic E-state index is 5.65. The van der Waals surface area contributed by atoms with E-state index in [-0.39, 0.29) is 0 Å². The molecule has 7 nitrogen and oxygen atoms in total. The number of hydrogen-bond donors (Lipinski definition) is 2. The van der Waals surface area contributed by atoms with Crippen LogP contribution in [0.4, 0.5) is 23.1 Å². The van der Waals surface area contributed by atoms with Crippen molar-refractivity contribution in [1.29, 1.82) is 0 Å². The van der Waals surface area contributed by atoms with Crippen LogP contribution in [-0.4, -0.2) is 41.3 Å². The Morgan fingerprint density at radius 3 is 2.39 bits per heavy atom. The molecule has 0 unspecified atom stereocenters. The van der Waals surface area contributed by atoms with Gasteiger partial charge in [0.15, 0.2) is 0 Å². The van der Waals surface area contributed by atoms with E-state index in [0.717, 1.165) is 47.5 Å². The summed E-state index contributed by atoms with van der Waals surface area (Å²) in [6.45, 7) is 9.65. The summed E-state index contributed by atoms with van der Waals surface area (Å²) in [6.07, 6.45) is 4.82. The maximum Gasteiger partial charge on any atom is 0.228 e. The van der Waals surface area contributed by atoms with Crippen molar-refractivity contribution in [2.24, 2.45) is 0 Å². The highest BCUT2D eigenvalue weighted by atomic mass is 32.2. The number of nitrogen functional groups attached to an aromatic ring is 1. The van der Waals surface area contributed by atoms with Crippen molar-refractivity contribution in [2.75, 3.05) is 42.3 Å². The van der Waals surface area contributed by atoms with E-state index in [9.17, 15) is 0 Å². The van der Waals surface area contributed by atoms with Gasteiger partial charge in [0.05, 0.1) is 13.2 Å². The Labute approximate surface area is 188 Å². The van der Waals surface area contributed by atoms with Gasteiger partial charge in [0.25, 0.3) is 0 Å². The minimum atomic E-state index is 0.506. The number of aryl methyl sites for hydroxylation is 1. The molecule has 3 heterocycles. The summed E-state index contributed by atoms with van der Waals surface area (Å²) < 4.78 is 5.41. The number of nitrogens with one attached hydrogen (secondary N) is 1. The topological polar surface area (TPSA) is 89.2 Å². The van der Waals surface area contributed by atoms with E-state index in [2.05, 4.69) is 51.1 Å². The largest absolute Gasteiger partial charge is 0.384 e. The zero-order valence-electron chi connectivity index (χ0n) is 18.3. The second-order valence-electron chi connectivity index (χ2n) is 7.18. The van der Waals surface area contributed by atoms with Crippen molar-refractivity contribution in [3.05, 3.63) is 54.4 Å². The average molecular weight is 439 g/mol. The first kappa shape index (κ1) is 22.8. The van der Waals surface area contributed by atoms with Crippen molar-refractivity contribution < 1.29 is 4.74 Å². The summed E-state index contributed by atoms with van der Waals surface area (Å²) in [5, 5.41) is 4.17. The van der Waals surface area contributed by atoms with Crippen molar-refractivity contribution in [3.63, 3.8) is 0 Å². The molecule has 1 saturated heterocycles. The van der Waals surface area contributed by atoms with Crippen LogP contribution in [0.25, 0.3) is 0 Å². The molecular weight excluding hydrogens is 408 g/mol. The highest BCUT2D eigenvalue weighted by Gasteiger charge is 2.11. The molecule has 1 aliphatic heterocycles. The number of nitrogens with zero attached hydrogens (tertiary/aromatic N) is 4. The molecule has 2 aromatic heterocycles. The summed E-state index contributed by atoms with van der Waals surface area (Å²) in [5.41, 5.74) is 8.81. The van der Waals surface area contributed by atoms with E-state index < -0.39 is 0 Å². The molecule has 164 valence electrons. The molecule has 0 bridgehead atoms. The fourth-order valence-electron chi connectivity index (χ4n) is 2.86. The van der Waals surface area contributed by atoms with Crippen LogP contribution < -0.4 is 16.0 Å². The van der Waals surface area contributed by atoms with Crippen molar-refractivity contribution in [2.45, 2.75) is 37.1 Å². The fraction of sp³-hybridized carbons (Fsp3) is 0.348. The predicted octanol–water partition coefficient (Wildman–Crippen LogP) is 4.91. The van der Waals surface area contributed by atoms with Gasteiger partial charge in [0.2, 0.25) is 5.95 Å². The summed E-state index contributed by atoms with van der Waals surface area (Å²) in [5.74, 6) is 1.07. The quantitative estimate of drug-likeness (QED) is 0.543. The minimum Gasteiger partial charge on any atom is -0.384 e. The predicted molar refractivity (Wildman–Crippen MR) is 128 cm³/mol. The van der Waals surface area contributed by atoms with Crippen molar-refractivity contribution in [3.8, 4) is 0 Å². The van der Waals surface area contributed by atoms with Crippen LogP contribution in [0.15, 0.2) is 58.7 Å². The van der Waals surface area contributed by atoms with Crippen molar-refractivity contribution >= 4 is 34.9 Å². The fourth-order valence-corrected chi connectivity index (χ4v) is 3.67. The van der Waals surface area contributed by atoms with Crippen LogP contribution in [0, 0.1) is 6.92 Å². The van der Waals surface area contributed by atoms with Gasteiger partial charge in [0, 0.05) is 47.3 Å². The van der Waals surface area contributed by atoms with Crippen LogP contribution in [0.3, 0.4) is 0 Å². The number of morpholine rings is 1. The van der Waals surface area contributed by atoms with Crippen LogP contribution in [-0.2, 0) is 4.74 Å². The number of aromatic nitrogens is 3. The molecule has 3 N–H and O–H groups in total. The third-order valence-corrected chi connectivity index (χ3v) is 5.48. The van der Waals surface area contributed by atoms with Crippen molar-refractivity contribution in [1.82, 2.24) is 15.0 Å². The highest BCUT2D eigenvalue weighted by molar-refractivity contribution is 7.99. The number of ether oxygens (including phenoxy) is 1. The molecule has 0 radical (unpaired) electrons. The Kier molecular flexibility index (Phi) is 8.49. The molecule has 0 saturated carbocycles. The van der Waals surface area contributed by atoms with Gasteiger partial charge in [-0.3, -0.25) is 0 Å². The monoisotopic (exact) mass is 438 g/mol. The molecule has 0 spiro atoms. The van der Waals surface area contributed by atoms with E-state index in [4.69, 9.17) is 10.5 Å². The van der Waals surface area contributed by atoms with Gasteiger partial charge in [-0.2, -0.15) is 0 Å². The first-order chi connectivity index (χ1) is 15.1. The molecule has 4 rings (SSSR count).